The van der Waals surface area contributed by atoms with Gasteiger partial charge in [0, 0.05) is 5.70 Å². The Hall–Kier alpha value is -1.24. The van der Waals surface area contributed by atoms with Crippen LogP contribution in [0, 0.1) is 0 Å². The third kappa shape index (κ3) is 3.72. The van der Waals surface area contributed by atoms with Crippen molar-refractivity contribution in [1.82, 2.24) is 0 Å². The van der Waals surface area contributed by atoms with Crippen LogP contribution in [0.3, 0.4) is 0 Å². The molecule has 0 spiro atoms. The fourth-order valence-corrected chi connectivity index (χ4v) is 0.506. The van der Waals surface area contributed by atoms with E-state index >= 15 is 0 Å². The molecule has 0 unspecified atom stereocenters. The lowest BCUT2D eigenvalue weighted by Gasteiger charge is -1.91. The number of allylic oxidation sites excluding steroid dienone is 5. The Morgan fingerprint density at radius 3 is 2.40 bits per heavy atom. The Morgan fingerprint density at radius 1 is 1.40 bits per heavy atom. The van der Waals surface area contributed by atoms with Gasteiger partial charge in [0.15, 0.2) is 0 Å². The van der Waals surface area contributed by atoms with Crippen molar-refractivity contribution in [3.05, 3.63) is 48.7 Å². The highest BCUT2D eigenvalue weighted by atomic mass is 14.5. The predicted octanol–water partition coefficient (Wildman–Crippen LogP) is 2.15. The van der Waals surface area contributed by atoms with Gasteiger partial charge in [-0.2, -0.15) is 0 Å². The summed E-state index contributed by atoms with van der Waals surface area (Å²) in [5, 5.41) is 0. The van der Waals surface area contributed by atoms with Crippen molar-refractivity contribution >= 4 is 0 Å². The zero-order chi connectivity index (χ0) is 7.98. The Morgan fingerprint density at radius 2 is 2.00 bits per heavy atom. The van der Waals surface area contributed by atoms with Gasteiger partial charge in [-0.05, 0) is 24.6 Å². The van der Waals surface area contributed by atoms with Gasteiger partial charge in [0.1, 0.15) is 0 Å². The van der Waals surface area contributed by atoms with E-state index in [0.717, 1.165) is 5.57 Å². The van der Waals surface area contributed by atoms with Gasteiger partial charge < -0.3 is 5.73 Å². The van der Waals surface area contributed by atoms with Crippen LogP contribution in [0.2, 0.25) is 0 Å². The van der Waals surface area contributed by atoms with E-state index in [4.69, 9.17) is 5.73 Å². The first-order valence-electron chi connectivity index (χ1n) is 3.09. The molecule has 54 valence electrons. The van der Waals surface area contributed by atoms with Gasteiger partial charge in [-0.25, -0.2) is 0 Å². The van der Waals surface area contributed by atoms with Crippen molar-refractivity contribution in [1.29, 1.82) is 0 Å². The average Bonchev–Trinajstić information content (AvgIpc) is 1.88. The molecule has 0 aromatic rings. The molecule has 0 aliphatic rings. The minimum absolute atomic E-state index is 0.701. The van der Waals surface area contributed by atoms with Crippen LogP contribution in [-0.4, -0.2) is 0 Å². The van der Waals surface area contributed by atoms with Crippen molar-refractivity contribution in [2.24, 2.45) is 5.73 Å². The summed E-state index contributed by atoms with van der Waals surface area (Å²) < 4.78 is 0. The van der Waals surface area contributed by atoms with Crippen LogP contribution in [-0.2, 0) is 0 Å². The van der Waals surface area contributed by atoms with Gasteiger partial charge in [-0.15, -0.1) is 0 Å². The standard InChI is InChI=1S/C9H13N/c1-4-6-9(10)7-8(3)5-2/h4-7H,1-2,10H2,3H3/b8-7-,9-6+. The van der Waals surface area contributed by atoms with Gasteiger partial charge in [0.05, 0.1) is 0 Å². The van der Waals surface area contributed by atoms with Gasteiger partial charge in [-0.1, -0.05) is 25.3 Å². The van der Waals surface area contributed by atoms with E-state index in [1.165, 1.54) is 0 Å². The van der Waals surface area contributed by atoms with Crippen LogP contribution in [0.4, 0.5) is 0 Å². The topological polar surface area (TPSA) is 26.0 Å². The molecule has 1 nitrogen and oxygen atoms in total. The fraction of sp³-hybridized carbons (Fsp3) is 0.111. The molecule has 0 fully saturated rings. The van der Waals surface area contributed by atoms with E-state index in [9.17, 15) is 0 Å². The summed E-state index contributed by atoms with van der Waals surface area (Å²) in [6.45, 7) is 9.06. The Bertz CT molecular complexity index is 185. The smallest absolute Gasteiger partial charge is 0.0316 e. The van der Waals surface area contributed by atoms with E-state index in [1.54, 1.807) is 18.2 Å². The lowest BCUT2D eigenvalue weighted by Crippen LogP contribution is -1.92. The number of hydrogen-bond acceptors (Lipinski definition) is 1. The van der Waals surface area contributed by atoms with Crippen molar-refractivity contribution < 1.29 is 0 Å². The summed E-state index contributed by atoms with van der Waals surface area (Å²) in [6, 6.07) is 0. The molecule has 10 heavy (non-hydrogen) atoms. The van der Waals surface area contributed by atoms with Crippen LogP contribution >= 0.6 is 0 Å². The van der Waals surface area contributed by atoms with Gasteiger partial charge >= 0.3 is 0 Å². The maximum Gasteiger partial charge on any atom is 0.0316 e. The van der Waals surface area contributed by atoms with E-state index < -0.39 is 0 Å². The molecular formula is C9H13N. The van der Waals surface area contributed by atoms with Gasteiger partial charge in [0.2, 0.25) is 0 Å². The molecule has 0 atom stereocenters. The minimum atomic E-state index is 0.701. The molecule has 0 saturated carbocycles. The second-order valence-electron chi connectivity index (χ2n) is 1.99. The first kappa shape index (κ1) is 8.76. The van der Waals surface area contributed by atoms with E-state index in [2.05, 4.69) is 13.2 Å². The Labute approximate surface area is 62.2 Å². The van der Waals surface area contributed by atoms with Crippen LogP contribution in [0.15, 0.2) is 48.7 Å². The maximum atomic E-state index is 5.53. The second-order valence-corrected chi connectivity index (χ2v) is 1.99. The van der Waals surface area contributed by atoms with E-state index in [0.29, 0.717) is 5.70 Å². The first-order chi connectivity index (χ1) is 4.70. The highest BCUT2D eigenvalue weighted by Gasteiger charge is 1.81. The molecule has 1 heteroatoms. The predicted molar refractivity (Wildman–Crippen MR) is 46.4 cm³/mol. The second kappa shape index (κ2) is 4.62. The quantitative estimate of drug-likeness (QED) is 0.589. The molecule has 0 aromatic carbocycles. The first-order valence-corrected chi connectivity index (χ1v) is 3.09. The highest BCUT2D eigenvalue weighted by molar-refractivity contribution is 5.27. The lowest BCUT2D eigenvalue weighted by atomic mass is 10.2. The molecule has 0 heterocycles. The molecule has 0 radical (unpaired) electrons. The third-order valence-electron chi connectivity index (χ3n) is 1.03. The molecular weight excluding hydrogens is 122 g/mol. The number of hydrogen-bond donors (Lipinski definition) is 1. The molecule has 2 N–H and O–H groups in total. The zero-order valence-electron chi connectivity index (χ0n) is 6.30. The van der Waals surface area contributed by atoms with Crippen LogP contribution in [0.25, 0.3) is 0 Å². The molecule has 0 bridgehead atoms. The van der Waals surface area contributed by atoms with E-state index in [1.807, 2.05) is 13.0 Å². The molecule has 0 saturated heterocycles. The molecule has 0 aromatic heterocycles. The Balaban J connectivity index is 4.24. The van der Waals surface area contributed by atoms with Crippen molar-refractivity contribution in [3.8, 4) is 0 Å². The van der Waals surface area contributed by atoms with Crippen molar-refractivity contribution in [3.63, 3.8) is 0 Å². The molecule has 0 aliphatic carbocycles. The van der Waals surface area contributed by atoms with Crippen LogP contribution in [0.5, 0.6) is 0 Å². The fourth-order valence-electron chi connectivity index (χ4n) is 0.506. The summed E-state index contributed by atoms with van der Waals surface area (Å²) in [4.78, 5) is 0. The summed E-state index contributed by atoms with van der Waals surface area (Å²) in [5.41, 5.74) is 7.28. The molecule has 0 aliphatic heterocycles. The lowest BCUT2D eigenvalue weighted by molar-refractivity contribution is 1.38. The summed E-state index contributed by atoms with van der Waals surface area (Å²) >= 11 is 0. The third-order valence-corrected chi connectivity index (χ3v) is 1.03. The molecule has 0 rings (SSSR count). The minimum Gasteiger partial charge on any atom is -0.399 e. The van der Waals surface area contributed by atoms with Crippen molar-refractivity contribution in [2.75, 3.05) is 0 Å². The van der Waals surface area contributed by atoms with Gasteiger partial charge in [-0.3, -0.25) is 0 Å². The van der Waals surface area contributed by atoms with Crippen LogP contribution in [0.1, 0.15) is 6.92 Å². The largest absolute Gasteiger partial charge is 0.399 e. The maximum absolute atomic E-state index is 5.53. The average molecular weight is 135 g/mol. The summed E-state index contributed by atoms with van der Waals surface area (Å²) in [6.07, 6.45) is 6.99. The SMILES string of the molecule is C=C/C=C(N)\C=C(\C)C=C. The number of rotatable bonds is 3. The van der Waals surface area contributed by atoms with Crippen LogP contribution < -0.4 is 5.73 Å². The van der Waals surface area contributed by atoms with Crippen molar-refractivity contribution in [2.45, 2.75) is 6.92 Å². The van der Waals surface area contributed by atoms with E-state index in [-0.39, 0.29) is 0 Å². The highest BCUT2D eigenvalue weighted by Crippen LogP contribution is 1.96. The normalized spacial score (nSPS) is 12.9. The molecule has 0 amide bonds. The Kier molecular flexibility index (Phi) is 4.05. The summed E-state index contributed by atoms with van der Waals surface area (Å²) in [7, 11) is 0. The number of nitrogens with two attached hydrogens (primary N) is 1. The monoisotopic (exact) mass is 135 g/mol. The zero-order valence-corrected chi connectivity index (χ0v) is 6.30. The van der Waals surface area contributed by atoms with Gasteiger partial charge in [0.25, 0.3) is 0 Å². The summed E-state index contributed by atoms with van der Waals surface area (Å²) in [5.74, 6) is 0.